The van der Waals surface area contributed by atoms with Gasteiger partial charge in [0.15, 0.2) is 0 Å². The normalized spacial score (nSPS) is 14.6. The van der Waals surface area contributed by atoms with Gasteiger partial charge in [0.1, 0.15) is 0 Å². The quantitative estimate of drug-likeness (QED) is 0.157. The summed E-state index contributed by atoms with van der Waals surface area (Å²) in [6.45, 7) is 36.4. The van der Waals surface area contributed by atoms with Crippen LogP contribution in [0.2, 0.25) is 0 Å². The van der Waals surface area contributed by atoms with Crippen molar-refractivity contribution in [1.29, 1.82) is 0 Å². The Labute approximate surface area is 567 Å². The number of fused-ring (bicyclic) bond motifs is 16. The van der Waals surface area contributed by atoms with E-state index in [-0.39, 0.29) is 40.5 Å². The van der Waals surface area contributed by atoms with Crippen LogP contribution >= 0.6 is 15.9 Å². The Balaban J connectivity index is 0.000000140. The summed E-state index contributed by atoms with van der Waals surface area (Å²) in [5.74, 6) is 0. The Bertz CT molecular complexity index is 4930. The predicted octanol–water partition coefficient (Wildman–Crippen LogP) is 22.6. The van der Waals surface area contributed by atoms with Crippen LogP contribution in [0, 0.1) is 55.4 Å². The first-order valence-corrected chi connectivity index (χ1v) is 33.3. The van der Waals surface area contributed by atoms with Gasteiger partial charge >= 0.3 is 18.9 Å². The maximum absolute atomic E-state index is 4.72. The van der Waals surface area contributed by atoms with E-state index < -0.39 is 0 Å². The first kappa shape index (κ1) is 62.6. The van der Waals surface area contributed by atoms with Gasteiger partial charge in [0, 0.05) is 42.9 Å². The Morgan fingerprint density at radius 2 is 0.620 bits per heavy atom. The van der Waals surface area contributed by atoms with Crippen LogP contribution in [0.3, 0.4) is 0 Å². The molecule has 0 radical (unpaired) electrons. The molecule has 0 unspecified atom stereocenters. The van der Waals surface area contributed by atoms with E-state index in [1.165, 1.54) is 177 Å². The average Bonchev–Trinajstić information content (AvgIpc) is 1.55. The summed E-state index contributed by atoms with van der Waals surface area (Å²) < 4.78 is 1.19. The molecule has 0 fully saturated rings. The molecule has 0 saturated heterocycles. The van der Waals surface area contributed by atoms with Crippen LogP contribution < -0.4 is 23.8 Å². The van der Waals surface area contributed by atoms with E-state index in [1.54, 1.807) is 0 Å². The summed E-state index contributed by atoms with van der Waals surface area (Å²) >= 11 is 3.84. The van der Waals surface area contributed by atoms with Crippen LogP contribution in [0.4, 0.5) is 28.4 Å². The Hall–Kier alpha value is -8.16. The molecule has 0 bridgehead atoms. The van der Waals surface area contributed by atoms with Crippen molar-refractivity contribution in [1.82, 2.24) is 0 Å². The van der Waals surface area contributed by atoms with Gasteiger partial charge < -0.3 is 10.2 Å². The van der Waals surface area contributed by atoms with Crippen LogP contribution in [0.15, 0.2) is 211 Å². The summed E-state index contributed by atoms with van der Waals surface area (Å²) in [5, 5.41) is 9.96. The number of hydrogen-bond donors (Lipinski definition) is 0. The van der Waals surface area contributed by atoms with Crippen molar-refractivity contribution in [3.05, 3.63) is 305 Å². The van der Waals surface area contributed by atoms with Crippen molar-refractivity contribution >= 4 is 65.9 Å². The molecule has 92 heavy (non-hydrogen) atoms. The molecule has 0 atom stereocenters. The molecule has 4 aliphatic carbocycles. The second kappa shape index (κ2) is 22.8. The maximum Gasteiger partial charge on any atom is 1.00 e. The maximum atomic E-state index is 4.72. The molecule has 0 spiro atoms. The van der Waals surface area contributed by atoms with Gasteiger partial charge in [-0.1, -0.05) is 262 Å². The van der Waals surface area contributed by atoms with Crippen molar-refractivity contribution in [3.63, 3.8) is 0 Å². The fourth-order valence-electron chi connectivity index (χ4n) is 16.2. The molecule has 2 nitrogen and oxygen atoms in total. The molecule has 0 amide bonds. The Morgan fingerprint density at radius 3 is 1.05 bits per heavy atom. The molecule has 12 aromatic rings. The third kappa shape index (κ3) is 9.95. The van der Waals surface area contributed by atoms with E-state index in [9.17, 15) is 0 Å². The summed E-state index contributed by atoms with van der Waals surface area (Å²) in [6, 6.07) is 77.1. The minimum absolute atomic E-state index is 0. The second-order valence-electron chi connectivity index (χ2n) is 28.8. The molecule has 0 aliphatic heterocycles. The molecular formula is C88H82BrLiN2. The van der Waals surface area contributed by atoms with Crippen LogP contribution in [0.5, 0.6) is 0 Å². The van der Waals surface area contributed by atoms with Crippen molar-refractivity contribution in [2.75, 3.05) is 4.90 Å². The minimum Gasteiger partial charge on any atom is -0.657 e. The van der Waals surface area contributed by atoms with Crippen LogP contribution in [0.1, 0.15) is 144 Å². The van der Waals surface area contributed by atoms with E-state index in [1.807, 2.05) is 0 Å². The van der Waals surface area contributed by atoms with Gasteiger partial charge in [0.05, 0.1) is 5.69 Å². The molecule has 12 aromatic carbocycles. The number of aryl methyl sites for hydroxylation is 8. The van der Waals surface area contributed by atoms with E-state index in [0.29, 0.717) is 0 Å². The van der Waals surface area contributed by atoms with Crippen LogP contribution in [-0.2, 0) is 21.7 Å². The predicted molar refractivity (Wildman–Crippen MR) is 394 cm³/mol. The number of benzene rings is 12. The van der Waals surface area contributed by atoms with Gasteiger partial charge in [-0.3, -0.25) is 0 Å². The van der Waals surface area contributed by atoms with E-state index in [0.717, 1.165) is 11.4 Å². The smallest absolute Gasteiger partial charge is 0.657 e. The van der Waals surface area contributed by atoms with E-state index in [2.05, 4.69) is 338 Å². The second-order valence-corrected chi connectivity index (χ2v) is 29.6. The van der Waals surface area contributed by atoms with E-state index in [4.69, 9.17) is 5.32 Å². The molecule has 0 N–H and O–H groups in total. The van der Waals surface area contributed by atoms with Crippen molar-refractivity contribution in [3.8, 4) is 44.5 Å². The molecule has 4 aliphatic rings. The van der Waals surface area contributed by atoms with Crippen LogP contribution in [-0.4, -0.2) is 0 Å². The summed E-state index contributed by atoms with van der Waals surface area (Å²) in [6.07, 6.45) is 0. The summed E-state index contributed by atoms with van der Waals surface area (Å²) in [4.78, 5) is 2.52. The molecule has 0 heterocycles. The fraction of sp³-hybridized carbons (Fsp3) is 0.227. The largest absolute Gasteiger partial charge is 1.00 e. The van der Waals surface area contributed by atoms with Gasteiger partial charge in [-0.05, 0) is 220 Å². The zero-order valence-electron chi connectivity index (χ0n) is 56.9. The Morgan fingerprint density at radius 1 is 0.283 bits per heavy atom. The van der Waals surface area contributed by atoms with Crippen molar-refractivity contribution in [2.45, 2.75) is 132 Å². The van der Waals surface area contributed by atoms with Gasteiger partial charge in [-0.15, -0.1) is 11.4 Å². The van der Waals surface area contributed by atoms with Crippen LogP contribution in [0.25, 0.3) is 71.4 Å². The van der Waals surface area contributed by atoms with Gasteiger partial charge in [0.2, 0.25) is 0 Å². The monoisotopic (exact) mass is 1250 g/mol. The first-order valence-electron chi connectivity index (χ1n) is 32.5. The van der Waals surface area contributed by atoms with E-state index >= 15 is 0 Å². The van der Waals surface area contributed by atoms with Crippen molar-refractivity contribution < 1.29 is 18.9 Å². The summed E-state index contributed by atoms with van der Waals surface area (Å²) in [5.41, 5.74) is 38.4. The number of hydrogen-bond acceptors (Lipinski definition) is 1. The van der Waals surface area contributed by atoms with Crippen molar-refractivity contribution in [2.24, 2.45) is 0 Å². The summed E-state index contributed by atoms with van der Waals surface area (Å²) in [7, 11) is 0. The average molecular weight is 1250 g/mol. The fourth-order valence-corrected chi connectivity index (χ4v) is 16.7. The number of halogens is 1. The molecule has 4 heteroatoms. The SMILES string of the molecule is CC1(C)c2ccccc2-c2cc3c(cc21)-c1c(cc(Br)c2ccccc12)C3(C)C.Cc1ccc(N(c2ccc(C)cc2C)c2cc3c(c4ccccc24)-c2cc4c(cc2C3(C)C)-c2ccccc2C4(C)C)c(C)c1.Cc1ccc([N-]c2ccc(C)cc2C)c(C)c1.[Li+]. The standard InChI is InChI=1S/C44H41N.C28H23Br.C16H18N.Li/c1-26-17-19-39(28(3)21-26)45(40-20-18-27(2)22-29(40)4)41-25-38-42(32-15-10-9-14-31(32)41)34-24-36-33(23-37(34)44(38,7)8)30-13-11-12-16-35(30)43(36,5)6;1-27(2)21-12-8-7-9-16(21)19-13-23-20(14-22(19)27)26-18-11-6-5-10-17(18)25(29)15-24(26)28(23,3)4;1-11-5-7-15(13(3)9-11)17-16-8-6-12(2)10-14(16)4;/h9-25H,1-8H3;5-15H,1-4H3;5-10H,1-4H3;/q;;-1;+1. The first-order chi connectivity index (χ1) is 43.4. The molecular weight excluding hydrogens is 1170 g/mol. The van der Waals surface area contributed by atoms with Gasteiger partial charge in [0.25, 0.3) is 0 Å². The topological polar surface area (TPSA) is 17.3 Å². The Kier molecular flexibility index (Phi) is 15.6. The molecule has 0 saturated carbocycles. The van der Waals surface area contributed by atoms with Gasteiger partial charge in [-0.2, -0.15) is 0 Å². The molecule has 452 valence electrons. The molecule has 0 aromatic heterocycles. The minimum atomic E-state index is -0.156. The zero-order valence-corrected chi connectivity index (χ0v) is 58.5. The number of rotatable bonds is 5. The number of anilines is 3. The third-order valence-corrected chi connectivity index (χ3v) is 21.7. The zero-order chi connectivity index (χ0) is 64.0. The number of nitrogens with zero attached hydrogens (tertiary/aromatic N) is 2. The van der Waals surface area contributed by atoms with Gasteiger partial charge in [-0.25, -0.2) is 0 Å². The third-order valence-electron chi connectivity index (χ3n) is 21.1. The molecule has 16 rings (SSSR count).